The quantitative estimate of drug-likeness (QED) is 0.477. The first-order valence-electron chi connectivity index (χ1n) is 9.33. The minimum atomic E-state index is -0.563. The smallest absolute Gasteiger partial charge is 0.297 e. The fraction of sp³-hybridized carbons (Fsp3) is 0.174. The van der Waals surface area contributed by atoms with Crippen LogP contribution in [0.15, 0.2) is 57.2 Å². The lowest BCUT2D eigenvalue weighted by atomic mass is 9.97. The summed E-state index contributed by atoms with van der Waals surface area (Å²) in [4.78, 5) is 32.8. The fourth-order valence-corrected chi connectivity index (χ4v) is 4.49. The van der Waals surface area contributed by atoms with Crippen molar-refractivity contribution in [3.8, 4) is 0 Å². The lowest BCUT2D eigenvalue weighted by Crippen LogP contribution is -2.29. The molecule has 6 heteroatoms. The van der Waals surface area contributed by atoms with Gasteiger partial charge in [0.05, 0.1) is 17.0 Å². The maximum atomic E-state index is 13.5. The number of benzene rings is 2. The summed E-state index contributed by atoms with van der Waals surface area (Å²) in [6.45, 7) is 5.93. The van der Waals surface area contributed by atoms with Crippen molar-refractivity contribution in [3.05, 3.63) is 91.8 Å². The second-order valence-corrected chi connectivity index (χ2v) is 8.28. The van der Waals surface area contributed by atoms with Crippen molar-refractivity contribution < 1.29 is 9.21 Å². The maximum Gasteiger partial charge on any atom is 0.297 e. The molecule has 1 aliphatic heterocycles. The van der Waals surface area contributed by atoms with Gasteiger partial charge in [-0.2, -0.15) is 0 Å². The molecular weight excluding hydrogens is 384 g/mol. The van der Waals surface area contributed by atoms with Gasteiger partial charge in [0, 0.05) is 11.6 Å². The van der Waals surface area contributed by atoms with Crippen LogP contribution in [0.3, 0.4) is 0 Å². The van der Waals surface area contributed by atoms with E-state index >= 15 is 0 Å². The third-order valence-corrected chi connectivity index (χ3v) is 6.28. The van der Waals surface area contributed by atoms with Crippen LogP contribution < -0.4 is 10.3 Å². The van der Waals surface area contributed by atoms with Crippen LogP contribution in [0, 0.1) is 20.8 Å². The van der Waals surface area contributed by atoms with Crippen molar-refractivity contribution in [3.63, 3.8) is 0 Å². The number of nitrogens with zero attached hydrogens (tertiary/aromatic N) is 2. The van der Waals surface area contributed by atoms with Gasteiger partial charge in [-0.25, -0.2) is 4.98 Å². The van der Waals surface area contributed by atoms with Gasteiger partial charge in [0.15, 0.2) is 10.6 Å². The summed E-state index contributed by atoms with van der Waals surface area (Å²) in [7, 11) is 0. The van der Waals surface area contributed by atoms with Gasteiger partial charge in [-0.05, 0) is 49.6 Å². The van der Waals surface area contributed by atoms with Gasteiger partial charge in [0.1, 0.15) is 5.58 Å². The predicted molar refractivity (Wildman–Crippen MR) is 114 cm³/mol. The molecule has 0 spiro atoms. The third kappa shape index (κ3) is 2.63. The number of hydrogen-bond donors (Lipinski definition) is 0. The van der Waals surface area contributed by atoms with Crippen LogP contribution in [-0.2, 0) is 0 Å². The zero-order valence-electron chi connectivity index (χ0n) is 16.2. The second kappa shape index (κ2) is 6.39. The number of aromatic nitrogens is 1. The first-order valence-corrected chi connectivity index (χ1v) is 10.2. The summed E-state index contributed by atoms with van der Waals surface area (Å²) in [5, 5.41) is 2.86. The summed E-state index contributed by atoms with van der Waals surface area (Å²) in [6, 6.07) is 11.0. The molecule has 2 aromatic carbocycles. The van der Waals surface area contributed by atoms with E-state index in [1.165, 1.54) is 11.3 Å². The van der Waals surface area contributed by atoms with Crippen LogP contribution in [0.4, 0.5) is 5.13 Å². The van der Waals surface area contributed by atoms with Gasteiger partial charge in [-0.3, -0.25) is 14.5 Å². The Labute approximate surface area is 171 Å². The molecule has 0 N–H and O–H groups in total. The molecular formula is C23H18N2O3S. The molecule has 144 valence electrons. The van der Waals surface area contributed by atoms with Crippen molar-refractivity contribution in [2.75, 3.05) is 4.90 Å². The van der Waals surface area contributed by atoms with Gasteiger partial charge in [-0.1, -0.05) is 29.8 Å². The minimum Gasteiger partial charge on any atom is -0.450 e. The number of rotatable bonds is 2. The SMILES string of the molecule is Cc1ccc([C@H]2c3c(oc4cc(C)c(C)cc4c3=O)C(=O)N2c2nccs2)cc1. The van der Waals surface area contributed by atoms with Crippen molar-refractivity contribution in [2.24, 2.45) is 0 Å². The average Bonchev–Trinajstić information content (AvgIpc) is 3.31. The number of aryl methyl sites for hydroxylation is 3. The van der Waals surface area contributed by atoms with E-state index < -0.39 is 6.04 Å². The number of hydrogen-bond acceptors (Lipinski definition) is 5. The molecule has 0 aliphatic carbocycles. The summed E-state index contributed by atoms with van der Waals surface area (Å²) in [6.07, 6.45) is 1.65. The number of amides is 1. The number of anilines is 1. The molecule has 1 amide bonds. The highest BCUT2D eigenvalue weighted by molar-refractivity contribution is 7.13. The highest BCUT2D eigenvalue weighted by Gasteiger charge is 2.44. The molecule has 2 aromatic heterocycles. The van der Waals surface area contributed by atoms with Gasteiger partial charge in [0.2, 0.25) is 5.76 Å². The van der Waals surface area contributed by atoms with Crippen LogP contribution in [0.5, 0.6) is 0 Å². The molecule has 29 heavy (non-hydrogen) atoms. The van der Waals surface area contributed by atoms with Crippen LogP contribution in [-0.4, -0.2) is 10.9 Å². The van der Waals surface area contributed by atoms with Crippen LogP contribution in [0.2, 0.25) is 0 Å². The predicted octanol–water partition coefficient (Wildman–Crippen LogP) is 4.92. The molecule has 3 heterocycles. The Hall–Kier alpha value is -3.25. The van der Waals surface area contributed by atoms with E-state index in [1.807, 2.05) is 62.5 Å². The second-order valence-electron chi connectivity index (χ2n) is 7.41. The monoisotopic (exact) mass is 402 g/mol. The Morgan fingerprint density at radius 3 is 2.45 bits per heavy atom. The van der Waals surface area contributed by atoms with E-state index in [1.54, 1.807) is 11.1 Å². The molecule has 5 nitrogen and oxygen atoms in total. The molecule has 1 aliphatic rings. The van der Waals surface area contributed by atoms with Crippen molar-refractivity contribution in [2.45, 2.75) is 26.8 Å². The molecule has 5 rings (SSSR count). The Morgan fingerprint density at radius 2 is 1.76 bits per heavy atom. The van der Waals surface area contributed by atoms with Crippen molar-refractivity contribution in [1.29, 1.82) is 0 Å². The van der Waals surface area contributed by atoms with Crippen LogP contribution in [0.25, 0.3) is 11.0 Å². The molecule has 0 saturated carbocycles. The minimum absolute atomic E-state index is 0.103. The first-order chi connectivity index (χ1) is 14.0. The van der Waals surface area contributed by atoms with Gasteiger partial charge in [-0.15, -0.1) is 11.3 Å². The van der Waals surface area contributed by atoms with E-state index in [2.05, 4.69) is 4.98 Å². The van der Waals surface area contributed by atoms with E-state index in [4.69, 9.17) is 4.42 Å². The highest BCUT2D eigenvalue weighted by Crippen LogP contribution is 2.41. The number of carbonyl (C=O) groups excluding carboxylic acids is 1. The van der Waals surface area contributed by atoms with E-state index in [0.29, 0.717) is 21.7 Å². The van der Waals surface area contributed by atoms with Crippen molar-refractivity contribution >= 4 is 33.3 Å². The molecule has 0 radical (unpaired) electrons. The fourth-order valence-electron chi connectivity index (χ4n) is 3.82. The molecule has 4 aromatic rings. The van der Waals surface area contributed by atoms with Gasteiger partial charge >= 0.3 is 0 Å². The Bertz CT molecular complexity index is 1320. The number of thiazole rings is 1. The Balaban J connectivity index is 1.84. The van der Waals surface area contributed by atoms with E-state index in [0.717, 1.165) is 22.3 Å². The molecule has 0 saturated heterocycles. The number of fused-ring (bicyclic) bond motifs is 2. The van der Waals surface area contributed by atoms with Crippen LogP contribution in [0.1, 0.15) is 44.4 Å². The Kier molecular flexibility index (Phi) is 3.93. The summed E-state index contributed by atoms with van der Waals surface area (Å²) < 4.78 is 6.02. The van der Waals surface area contributed by atoms with Gasteiger partial charge in [0.25, 0.3) is 5.91 Å². The largest absolute Gasteiger partial charge is 0.450 e. The average molecular weight is 402 g/mol. The van der Waals surface area contributed by atoms with E-state index in [-0.39, 0.29) is 17.1 Å². The zero-order valence-corrected chi connectivity index (χ0v) is 17.0. The standard InChI is InChI=1S/C23H18N2O3S/c1-12-4-6-15(7-5-12)19-18-20(26)16-10-13(2)14(3)11-17(16)28-21(18)22(27)25(19)23-24-8-9-29-23/h4-11,19H,1-3H3/t19-/m0/s1. The first kappa shape index (κ1) is 17.8. The lowest BCUT2D eigenvalue weighted by Gasteiger charge is -2.22. The zero-order chi connectivity index (χ0) is 20.3. The van der Waals surface area contributed by atoms with Crippen molar-refractivity contribution in [1.82, 2.24) is 4.98 Å². The van der Waals surface area contributed by atoms with Gasteiger partial charge < -0.3 is 4.42 Å². The van der Waals surface area contributed by atoms with Crippen LogP contribution >= 0.6 is 11.3 Å². The Morgan fingerprint density at radius 1 is 1.03 bits per heavy atom. The third-order valence-electron chi connectivity index (χ3n) is 5.50. The molecule has 1 atom stereocenters. The normalized spacial score (nSPS) is 15.9. The summed E-state index contributed by atoms with van der Waals surface area (Å²) >= 11 is 1.36. The topological polar surface area (TPSA) is 63.4 Å². The highest BCUT2D eigenvalue weighted by atomic mass is 32.1. The summed E-state index contributed by atoms with van der Waals surface area (Å²) in [5.41, 5.74) is 4.64. The maximum absolute atomic E-state index is 13.5. The summed E-state index contributed by atoms with van der Waals surface area (Å²) in [5.74, 6) is -0.232. The molecule has 0 unspecified atom stereocenters. The molecule has 0 fully saturated rings. The number of carbonyl (C=O) groups is 1. The lowest BCUT2D eigenvalue weighted by molar-refractivity contribution is 0.0971. The molecule has 0 bridgehead atoms. The van der Waals surface area contributed by atoms with E-state index in [9.17, 15) is 9.59 Å².